The zero-order valence-corrected chi connectivity index (χ0v) is 14.8. The lowest BCUT2D eigenvalue weighted by Crippen LogP contribution is -2.48. The van der Waals surface area contributed by atoms with Crippen molar-refractivity contribution in [2.75, 3.05) is 19.7 Å². The molecule has 128 valence electrons. The van der Waals surface area contributed by atoms with Gasteiger partial charge in [-0.15, -0.1) is 0 Å². The molecule has 0 unspecified atom stereocenters. The van der Waals surface area contributed by atoms with E-state index >= 15 is 0 Å². The van der Waals surface area contributed by atoms with E-state index in [1.54, 1.807) is 0 Å². The first-order chi connectivity index (χ1) is 11.5. The number of cyclic esters (lactones) is 1. The van der Waals surface area contributed by atoms with Gasteiger partial charge >= 0.3 is 6.09 Å². The van der Waals surface area contributed by atoms with Crippen LogP contribution in [0.4, 0.5) is 4.79 Å². The van der Waals surface area contributed by atoms with Gasteiger partial charge in [-0.1, -0.05) is 28.1 Å². The number of rotatable bonds is 4. The van der Waals surface area contributed by atoms with Crippen LogP contribution < -0.4 is 0 Å². The summed E-state index contributed by atoms with van der Waals surface area (Å²) in [6, 6.07) is 7.81. The Hall–Kier alpha value is -1.89. The van der Waals surface area contributed by atoms with Gasteiger partial charge in [0.15, 0.2) is 6.61 Å². The Kier molecular flexibility index (Phi) is 5.18. The molecule has 3 amide bonds. The summed E-state index contributed by atoms with van der Waals surface area (Å²) in [4.78, 5) is 38.6. The lowest BCUT2D eigenvalue weighted by atomic mass is 10.0. The van der Waals surface area contributed by atoms with Crippen molar-refractivity contribution in [3.05, 3.63) is 34.3 Å². The second kappa shape index (κ2) is 7.34. The average molecular weight is 395 g/mol. The molecule has 2 fully saturated rings. The van der Waals surface area contributed by atoms with Gasteiger partial charge in [0, 0.05) is 30.0 Å². The van der Waals surface area contributed by atoms with E-state index in [-0.39, 0.29) is 24.5 Å². The third kappa shape index (κ3) is 3.77. The summed E-state index contributed by atoms with van der Waals surface area (Å²) in [6.45, 7) is 0.979. The van der Waals surface area contributed by atoms with Gasteiger partial charge < -0.3 is 9.64 Å². The first-order valence-corrected chi connectivity index (χ1v) is 8.85. The number of carbonyl (C=O) groups excluding carboxylic acids is 3. The molecule has 24 heavy (non-hydrogen) atoms. The van der Waals surface area contributed by atoms with E-state index in [1.165, 1.54) is 4.90 Å². The minimum Gasteiger partial charge on any atom is -0.439 e. The zero-order chi connectivity index (χ0) is 17.1. The fourth-order valence-electron chi connectivity index (χ4n) is 3.15. The van der Waals surface area contributed by atoms with Gasteiger partial charge in [0.2, 0.25) is 5.91 Å². The van der Waals surface area contributed by atoms with Crippen molar-refractivity contribution in [2.45, 2.75) is 31.7 Å². The van der Waals surface area contributed by atoms with Gasteiger partial charge in [-0.25, -0.2) is 9.69 Å². The second-order valence-corrected chi connectivity index (χ2v) is 6.97. The molecule has 0 atom stereocenters. The zero-order valence-electron chi connectivity index (χ0n) is 13.2. The molecule has 2 saturated heterocycles. The summed E-state index contributed by atoms with van der Waals surface area (Å²) in [6.07, 6.45) is 1.86. The standard InChI is InChI=1S/C17H19BrN2O4/c18-13-4-1-12(2-5-13)3-6-15(21)19-9-7-14(8-10-19)20-16(22)11-24-17(20)23/h1-2,4-5,14H,3,6-11H2. The van der Waals surface area contributed by atoms with E-state index in [9.17, 15) is 14.4 Å². The first-order valence-electron chi connectivity index (χ1n) is 8.05. The molecule has 0 bridgehead atoms. The van der Waals surface area contributed by atoms with Crippen LogP contribution in [0.2, 0.25) is 0 Å². The molecule has 7 heteroatoms. The largest absolute Gasteiger partial charge is 0.439 e. The molecular formula is C17H19BrN2O4. The Bertz CT molecular complexity index is 622. The van der Waals surface area contributed by atoms with E-state index < -0.39 is 6.09 Å². The Morgan fingerprint density at radius 1 is 1.17 bits per heavy atom. The van der Waals surface area contributed by atoms with Crippen LogP contribution >= 0.6 is 15.9 Å². The summed E-state index contributed by atoms with van der Waals surface area (Å²) < 4.78 is 5.78. The van der Waals surface area contributed by atoms with Crippen LogP contribution in [0.15, 0.2) is 28.7 Å². The molecule has 0 radical (unpaired) electrons. The summed E-state index contributed by atoms with van der Waals surface area (Å²) in [5.41, 5.74) is 1.13. The van der Waals surface area contributed by atoms with E-state index in [4.69, 9.17) is 4.74 Å². The maximum Gasteiger partial charge on any atom is 0.417 e. The highest BCUT2D eigenvalue weighted by atomic mass is 79.9. The summed E-state index contributed by atoms with van der Waals surface area (Å²) in [5, 5.41) is 0. The van der Waals surface area contributed by atoms with Crippen LogP contribution in [0.3, 0.4) is 0 Å². The Balaban J connectivity index is 1.47. The minimum absolute atomic E-state index is 0.117. The SMILES string of the molecule is O=C(CCc1ccc(Br)cc1)N1CCC(N2C(=O)COC2=O)CC1. The maximum absolute atomic E-state index is 12.3. The Labute approximate surface area is 148 Å². The van der Waals surface area contributed by atoms with Gasteiger partial charge in [-0.3, -0.25) is 9.59 Å². The summed E-state index contributed by atoms with van der Waals surface area (Å²) in [7, 11) is 0. The number of hydrogen-bond donors (Lipinski definition) is 0. The number of imide groups is 1. The van der Waals surface area contributed by atoms with Crippen LogP contribution in [0.25, 0.3) is 0 Å². The smallest absolute Gasteiger partial charge is 0.417 e. The van der Waals surface area contributed by atoms with E-state index in [2.05, 4.69) is 15.9 Å². The van der Waals surface area contributed by atoms with Crippen molar-refractivity contribution in [3.8, 4) is 0 Å². The molecule has 2 heterocycles. The number of piperidine rings is 1. The fraction of sp³-hybridized carbons (Fsp3) is 0.471. The summed E-state index contributed by atoms with van der Waals surface area (Å²) in [5.74, 6) is -0.160. The van der Waals surface area contributed by atoms with Crippen molar-refractivity contribution >= 4 is 33.8 Å². The lowest BCUT2D eigenvalue weighted by Gasteiger charge is -2.34. The molecule has 0 spiro atoms. The van der Waals surface area contributed by atoms with E-state index in [0.29, 0.717) is 38.8 Å². The third-order valence-electron chi connectivity index (χ3n) is 4.51. The molecule has 1 aromatic rings. The van der Waals surface area contributed by atoms with Gasteiger partial charge in [0.05, 0.1) is 0 Å². The lowest BCUT2D eigenvalue weighted by molar-refractivity contribution is -0.133. The number of carbonyl (C=O) groups is 3. The number of benzene rings is 1. The van der Waals surface area contributed by atoms with Gasteiger partial charge in [-0.05, 0) is 37.0 Å². The molecule has 0 aromatic heterocycles. The van der Waals surface area contributed by atoms with Crippen LogP contribution in [0.5, 0.6) is 0 Å². The highest BCUT2D eigenvalue weighted by molar-refractivity contribution is 9.10. The summed E-state index contributed by atoms with van der Waals surface area (Å²) >= 11 is 3.39. The normalized spacial score (nSPS) is 18.9. The minimum atomic E-state index is -0.556. The second-order valence-electron chi connectivity index (χ2n) is 6.06. The monoisotopic (exact) mass is 394 g/mol. The highest BCUT2D eigenvalue weighted by Gasteiger charge is 2.38. The van der Waals surface area contributed by atoms with Crippen molar-refractivity contribution in [1.82, 2.24) is 9.80 Å². The number of amides is 3. The number of hydrogen-bond acceptors (Lipinski definition) is 4. The van der Waals surface area contributed by atoms with Crippen molar-refractivity contribution in [1.29, 1.82) is 0 Å². The number of nitrogens with zero attached hydrogens (tertiary/aromatic N) is 2. The van der Waals surface area contributed by atoms with Crippen molar-refractivity contribution in [2.24, 2.45) is 0 Å². The predicted octanol–water partition coefficient (Wildman–Crippen LogP) is 2.35. The maximum atomic E-state index is 12.3. The van der Waals surface area contributed by atoms with Gasteiger partial charge in [0.25, 0.3) is 5.91 Å². The topological polar surface area (TPSA) is 66.9 Å². The molecule has 2 aliphatic heterocycles. The molecule has 6 nitrogen and oxygen atoms in total. The van der Waals surface area contributed by atoms with Crippen LogP contribution in [-0.4, -0.2) is 53.4 Å². The highest BCUT2D eigenvalue weighted by Crippen LogP contribution is 2.21. The van der Waals surface area contributed by atoms with Gasteiger partial charge in [0.1, 0.15) is 0 Å². The molecular weight excluding hydrogens is 376 g/mol. The Morgan fingerprint density at radius 2 is 1.83 bits per heavy atom. The molecule has 2 aliphatic rings. The molecule has 0 aliphatic carbocycles. The molecule has 1 aromatic carbocycles. The van der Waals surface area contributed by atoms with Crippen LogP contribution in [-0.2, 0) is 20.7 Å². The third-order valence-corrected chi connectivity index (χ3v) is 5.04. The van der Waals surface area contributed by atoms with Crippen molar-refractivity contribution < 1.29 is 19.1 Å². The van der Waals surface area contributed by atoms with E-state index in [0.717, 1.165) is 10.0 Å². The van der Waals surface area contributed by atoms with E-state index in [1.807, 2.05) is 29.2 Å². The van der Waals surface area contributed by atoms with Gasteiger partial charge in [-0.2, -0.15) is 0 Å². The van der Waals surface area contributed by atoms with Crippen LogP contribution in [0, 0.1) is 0 Å². The number of aryl methyl sites for hydroxylation is 1. The fourth-order valence-corrected chi connectivity index (χ4v) is 3.42. The van der Waals surface area contributed by atoms with Crippen LogP contribution in [0.1, 0.15) is 24.8 Å². The molecule has 0 saturated carbocycles. The number of likely N-dealkylation sites (tertiary alicyclic amines) is 1. The van der Waals surface area contributed by atoms with Crippen molar-refractivity contribution in [3.63, 3.8) is 0 Å². The average Bonchev–Trinajstić information content (AvgIpc) is 2.93. The molecule has 3 rings (SSSR count). The predicted molar refractivity (Wildman–Crippen MR) is 90.3 cm³/mol. The number of ether oxygens (including phenoxy) is 1. The Morgan fingerprint density at radius 3 is 2.42 bits per heavy atom. The first kappa shape index (κ1) is 17.0. The quantitative estimate of drug-likeness (QED) is 0.785. The number of halogens is 1. The molecule has 0 N–H and O–H groups in total.